The van der Waals surface area contributed by atoms with Crippen LogP contribution in [0.2, 0.25) is 0 Å². The summed E-state index contributed by atoms with van der Waals surface area (Å²) in [5, 5.41) is 11.2. The minimum absolute atomic E-state index is 0.228. The maximum Gasteiger partial charge on any atom is 0.117 e. The Hall–Kier alpha value is -0.450. The van der Waals surface area contributed by atoms with Gasteiger partial charge in [-0.25, -0.2) is 5.32 Å². The van der Waals surface area contributed by atoms with Crippen molar-refractivity contribution in [2.75, 3.05) is 26.2 Å². The van der Waals surface area contributed by atoms with Crippen LogP contribution in [0.5, 0.6) is 0 Å². The molecule has 1 radical (unpaired) electrons. The molecule has 2 aliphatic rings. The van der Waals surface area contributed by atoms with Crippen LogP contribution in [0.4, 0.5) is 0 Å². The Morgan fingerprint density at radius 3 is 3.00 bits per heavy atom. The van der Waals surface area contributed by atoms with E-state index in [0.29, 0.717) is 6.04 Å². The molecule has 0 spiro atoms. The van der Waals surface area contributed by atoms with Crippen LogP contribution in [0, 0.1) is 0 Å². The van der Waals surface area contributed by atoms with E-state index < -0.39 is 0 Å². The molecule has 0 aromatic carbocycles. The van der Waals surface area contributed by atoms with E-state index in [4.69, 9.17) is 0 Å². The van der Waals surface area contributed by atoms with Gasteiger partial charge in [0.25, 0.3) is 0 Å². The van der Waals surface area contributed by atoms with Crippen molar-refractivity contribution in [2.24, 2.45) is 4.99 Å². The molecule has 2 rings (SSSR count). The molecule has 1 fully saturated rings. The standard InChI is InChI=1S/C8H15N4/c1-2-11-8(12-3-1)7-6-9-4-5-10-7/h2,7-9,12H,1,3-6H2. The van der Waals surface area contributed by atoms with E-state index in [1.54, 1.807) is 0 Å². The Kier molecular flexibility index (Phi) is 2.71. The van der Waals surface area contributed by atoms with Gasteiger partial charge in [0, 0.05) is 32.4 Å². The molecule has 0 aromatic rings. The maximum atomic E-state index is 4.51. The lowest BCUT2D eigenvalue weighted by Crippen LogP contribution is -2.55. The number of nitrogens with one attached hydrogen (secondary N) is 2. The predicted octanol–water partition coefficient (Wildman–Crippen LogP) is -1.05. The summed E-state index contributed by atoms with van der Waals surface area (Å²) in [4.78, 5) is 4.38. The van der Waals surface area contributed by atoms with Crippen molar-refractivity contribution in [3.8, 4) is 0 Å². The molecule has 0 saturated carbocycles. The third-order valence-electron chi connectivity index (χ3n) is 2.26. The summed E-state index contributed by atoms with van der Waals surface area (Å²) in [6, 6.07) is 0.343. The van der Waals surface area contributed by atoms with Crippen LogP contribution in [0.3, 0.4) is 0 Å². The molecule has 67 valence electrons. The van der Waals surface area contributed by atoms with Crippen LogP contribution < -0.4 is 16.0 Å². The number of rotatable bonds is 1. The van der Waals surface area contributed by atoms with Gasteiger partial charge in [-0.2, -0.15) is 0 Å². The molecule has 0 bridgehead atoms. The van der Waals surface area contributed by atoms with Gasteiger partial charge in [0.1, 0.15) is 6.17 Å². The minimum Gasteiger partial charge on any atom is -0.314 e. The monoisotopic (exact) mass is 167 g/mol. The summed E-state index contributed by atoms with van der Waals surface area (Å²) in [6.45, 7) is 3.96. The summed E-state index contributed by atoms with van der Waals surface area (Å²) >= 11 is 0. The average Bonchev–Trinajstić information content (AvgIpc) is 2.21. The number of hydrogen-bond donors (Lipinski definition) is 2. The van der Waals surface area contributed by atoms with Crippen LogP contribution >= 0.6 is 0 Å². The van der Waals surface area contributed by atoms with E-state index in [1.807, 2.05) is 6.21 Å². The van der Waals surface area contributed by atoms with E-state index in [-0.39, 0.29) is 6.17 Å². The average molecular weight is 167 g/mol. The fourth-order valence-corrected chi connectivity index (χ4v) is 1.61. The van der Waals surface area contributed by atoms with Crippen molar-refractivity contribution in [2.45, 2.75) is 18.6 Å². The summed E-state index contributed by atoms with van der Waals surface area (Å²) in [7, 11) is 0. The molecule has 2 heterocycles. The maximum absolute atomic E-state index is 4.51. The highest BCUT2D eigenvalue weighted by atomic mass is 15.2. The fraction of sp³-hybridized carbons (Fsp3) is 0.875. The zero-order valence-corrected chi connectivity index (χ0v) is 7.16. The number of hydrogen-bond acceptors (Lipinski definition) is 3. The molecule has 2 atom stereocenters. The van der Waals surface area contributed by atoms with Crippen LogP contribution in [0.1, 0.15) is 6.42 Å². The number of nitrogens with zero attached hydrogens (tertiary/aromatic N) is 2. The summed E-state index contributed by atoms with van der Waals surface area (Å²) in [5.41, 5.74) is 0. The Balaban J connectivity index is 1.88. The van der Waals surface area contributed by atoms with E-state index >= 15 is 0 Å². The molecular formula is C8H15N4. The summed E-state index contributed by atoms with van der Waals surface area (Å²) in [6.07, 6.45) is 3.29. The van der Waals surface area contributed by atoms with Crippen LogP contribution in [0.25, 0.3) is 0 Å². The molecule has 1 saturated heterocycles. The van der Waals surface area contributed by atoms with Gasteiger partial charge >= 0.3 is 0 Å². The Morgan fingerprint density at radius 2 is 2.33 bits per heavy atom. The first-order valence-electron chi connectivity index (χ1n) is 4.59. The molecule has 2 unspecified atom stereocenters. The van der Waals surface area contributed by atoms with Gasteiger partial charge in [-0.1, -0.05) is 0 Å². The van der Waals surface area contributed by atoms with Crippen LogP contribution in [0.15, 0.2) is 4.99 Å². The summed E-state index contributed by atoms with van der Waals surface area (Å²) in [5.74, 6) is 0. The second-order valence-corrected chi connectivity index (χ2v) is 3.20. The smallest absolute Gasteiger partial charge is 0.117 e. The zero-order valence-electron chi connectivity index (χ0n) is 7.16. The SMILES string of the molecule is C1=NC(C2CNCC[N]2)NCC1. The Labute approximate surface area is 72.8 Å². The summed E-state index contributed by atoms with van der Waals surface area (Å²) < 4.78 is 0. The highest BCUT2D eigenvalue weighted by molar-refractivity contribution is 5.58. The van der Waals surface area contributed by atoms with E-state index in [9.17, 15) is 0 Å². The lowest BCUT2D eigenvalue weighted by Gasteiger charge is -2.30. The zero-order chi connectivity index (χ0) is 8.23. The second-order valence-electron chi connectivity index (χ2n) is 3.20. The highest BCUT2D eigenvalue weighted by Crippen LogP contribution is 2.02. The first kappa shape index (κ1) is 8.16. The molecule has 2 aliphatic heterocycles. The normalized spacial score (nSPS) is 36.7. The van der Waals surface area contributed by atoms with Crippen LogP contribution in [-0.4, -0.2) is 44.6 Å². The molecule has 0 amide bonds. The highest BCUT2D eigenvalue weighted by Gasteiger charge is 2.23. The third-order valence-corrected chi connectivity index (χ3v) is 2.26. The molecule has 0 aromatic heterocycles. The minimum atomic E-state index is 0.228. The van der Waals surface area contributed by atoms with Crippen molar-refractivity contribution in [1.29, 1.82) is 0 Å². The predicted molar refractivity (Wildman–Crippen MR) is 48.6 cm³/mol. The lowest BCUT2D eigenvalue weighted by molar-refractivity contribution is 0.323. The topological polar surface area (TPSA) is 50.5 Å². The van der Waals surface area contributed by atoms with Crippen molar-refractivity contribution in [3.05, 3.63) is 0 Å². The quantitative estimate of drug-likeness (QED) is 0.524. The van der Waals surface area contributed by atoms with Gasteiger partial charge in [-0.15, -0.1) is 0 Å². The molecular weight excluding hydrogens is 152 g/mol. The molecule has 0 aliphatic carbocycles. The molecule has 2 N–H and O–H groups in total. The van der Waals surface area contributed by atoms with Gasteiger partial charge in [0.05, 0.1) is 6.04 Å². The first-order valence-corrected chi connectivity index (χ1v) is 4.59. The number of aliphatic imine (C=N–C) groups is 1. The molecule has 4 nitrogen and oxygen atoms in total. The molecule has 4 heteroatoms. The largest absolute Gasteiger partial charge is 0.314 e. The first-order chi connectivity index (χ1) is 5.97. The van der Waals surface area contributed by atoms with E-state index in [1.165, 1.54) is 0 Å². The van der Waals surface area contributed by atoms with Crippen molar-refractivity contribution in [3.63, 3.8) is 0 Å². The Morgan fingerprint density at radius 1 is 1.33 bits per heavy atom. The van der Waals surface area contributed by atoms with E-state index in [0.717, 1.165) is 32.6 Å². The number of piperazine rings is 1. The van der Waals surface area contributed by atoms with Crippen molar-refractivity contribution >= 4 is 6.21 Å². The lowest BCUT2D eigenvalue weighted by atomic mass is 10.1. The van der Waals surface area contributed by atoms with Gasteiger partial charge in [0.15, 0.2) is 0 Å². The Bertz CT molecular complexity index is 162. The van der Waals surface area contributed by atoms with Gasteiger partial charge in [-0.3, -0.25) is 10.3 Å². The van der Waals surface area contributed by atoms with Gasteiger partial charge in [-0.05, 0) is 6.42 Å². The third kappa shape index (κ3) is 1.83. The van der Waals surface area contributed by atoms with Gasteiger partial charge in [0.2, 0.25) is 0 Å². The van der Waals surface area contributed by atoms with Gasteiger partial charge < -0.3 is 5.32 Å². The fourth-order valence-electron chi connectivity index (χ4n) is 1.61. The van der Waals surface area contributed by atoms with Crippen molar-refractivity contribution in [1.82, 2.24) is 16.0 Å². The van der Waals surface area contributed by atoms with Crippen LogP contribution in [-0.2, 0) is 0 Å². The van der Waals surface area contributed by atoms with E-state index in [2.05, 4.69) is 20.9 Å². The molecule has 12 heavy (non-hydrogen) atoms. The van der Waals surface area contributed by atoms with Crippen molar-refractivity contribution < 1.29 is 0 Å². The second kappa shape index (κ2) is 3.98.